The van der Waals surface area contributed by atoms with Crippen LogP contribution in [0.3, 0.4) is 0 Å². The van der Waals surface area contributed by atoms with Crippen molar-refractivity contribution in [3.8, 4) is 5.75 Å². The lowest BCUT2D eigenvalue weighted by Gasteiger charge is -2.31. The van der Waals surface area contributed by atoms with Crippen LogP contribution in [-0.2, 0) is 17.6 Å². The number of methoxy groups -OCH3 is 1. The second-order valence-electron chi connectivity index (χ2n) is 9.00. The fourth-order valence-electron chi connectivity index (χ4n) is 3.97. The van der Waals surface area contributed by atoms with Gasteiger partial charge in [0.1, 0.15) is 11.5 Å². The first-order chi connectivity index (χ1) is 17.3. The van der Waals surface area contributed by atoms with Crippen molar-refractivity contribution >= 4 is 17.5 Å². The van der Waals surface area contributed by atoms with Gasteiger partial charge in [0.2, 0.25) is 0 Å². The van der Waals surface area contributed by atoms with E-state index in [1.807, 2.05) is 32.2 Å². The highest BCUT2D eigenvalue weighted by Crippen LogP contribution is 2.24. The Morgan fingerprint density at radius 3 is 2.36 bits per heavy atom. The van der Waals surface area contributed by atoms with E-state index in [2.05, 4.69) is 47.0 Å². The molecule has 0 aliphatic carbocycles. The van der Waals surface area contributed by atoms with E-state index in [0.717, 1.165) is 74.6 Å². The van der Waals surface area contributed by atoms with Crippen LogP contribution in [0, 0.1) is 6.92 Å². The summed E-state index contributed by atoms with van der Waals surface area (Å²) in [6, 6.07) is 4.17. The third-order valence-corrected chi connectivity index (χ3v) is 5.75. The number of anilines is 1. The molecule has 0 aromatic carbocycles. The van der Waals surface area contributed by atoms with Crippen LogP contribution in [0.4, 0.5) is 5.69 Å². The Kier molecular flexibility index (Phi) is 15.1. The van der Waals surface area contributed by atoms with Crippen LogP contribution in [0.2, 0.25) is 0 Å². The molecule has 0 bridgehead atoms. The molecule has 0 spiro atoms. The van der Waals surface area contributed by atoms with Gasteiger partial charge in [0.25, 0.3) is 0 Å². The number of hydrogen-bond acceptors (Lipinski definition) is 7. The van der Waals surface area contributed by atoms with Gasteiger partial charge in [-0.25, -0.2) is 0 Å². The molecule has 1 saturated heterocycles. The van der Waals surface area contributed by atoms with E-state index >= 15 is 0 Å². The normalized spacial score (nSPS) is 13.2. The van der Waals surface area contributed by atoms with Gasteiger partial charge >= 0.3 is 0 Å². The molecule has 200 valence electrons. The molecular formula is C29H47N5O2. The SMILES string of the molecule is CCCC(C)=O.CCCc1c(N2CCNCC2)ccnc1C.CCc1cc(/C=C(/C)N)ncc1OC. The highest BCUT2D eigenvalue weighted by Gasteiger charge is 2.15. The van der Waals surface area contributed by atoms with Crippen LogP contribution >= 0.6 is 0 Å². The summed E-state index contributed by atoms with van der Waals surface area (Å²) in [6.07, 6.45) is 10.5. The van der Waals surface area contributed by atoms with Gasteiger partial charge in [-0.2, -0.15) is 0 Å². The number of hydrogen-bond donors (Lipinski definition) is 2. The average Bonchev–Trinajstić information content (AvgIpc) is 2.86. The zero-order valence-corrected chi connectivity index (χ0v) is 23.5. The smallest absolute Gasteiger partial charge is 0.140 e. The Morgan fingerprint density at radius 1 is 1.17 bits per heavy atom. The predicted molar refractivity (Wildman–Crippen MR) is 152 cm³/mol. The third kappa shape index (κ3) is 11.2. The van der Waals surface area contributed by atoms with Crippen LogP contribution in [0.25, 0.3) is 6.08 Å². The van der Waals surface area contributed by atoms with Crippen molar-refractivity contribution in [3.63, 3.8) is 0 Å². The quantitative estimate of drug-likeness (QED) is 0.524. The number of ketones is 1. The number of allylic oxidation sites excluding steroid dienone is 1. The largest absolute Gasteiger partial charge is 0.495 e. The molecule has 2 aromatic rings. The molecule has 1 fully saturated rings. The first kappa shape index (κ1) is 31.1. The molecule has 7 nitrogen and oxygen atoms in total. The van der Waals surface area contributed by atoms with Gasteiger partial charge < -0.3 is 25.5 Å². The fourth-order valence-corrected chi connectivity index (χ4v) is 3.97. The number of Topliss-reactive ketones (excluding diaryl/α,β-unsaturated/α-hetero) is 1. The van der Waals surface area contributed by atoms with Crippen LogP contribution in [-0.4, -0.2) is 49.0 Å². The Morgan fingerprint density at radius 2 is 1.86 bits per heavy atom. The molecule has 1 aliphatic heterocycles. The maximum Gasteiger partial charge on any atom is 0.140 e. The molecular weight excluding hydrogens is 450 g/mol. The molecule has 3 N–H and O–H groups in total. The number of nitrogens with zero attached hydrogens (tertiary/aromatic N) is 3. The van der Waals surface area contributed by atoms with E-state index in [1.165, 1.54) is 23.4 Å². The zero-order valence-electron chi connectivity index (χ0n) is 23.5. The van der Waals surface area contributed by atoms with Crippen molar-refractivity contribution in [1.82, 2.24) is 15.3 Å². The Labute approximate surface area is 218 Å². The number of piperazine rings is 1. The molecule has 2 aromatic heterocycles. The first-order valence-electron chi connectivity index (χ1n) is 13.1. The predicted octanol–water partition coefficient (Wildman–Crippen LogP) is 5.10. The number of nitrogens with one attached hydrogen (secondary N) is 1. The van der Waals surface area contributed by atoms with E-state index in [0.29, 0.717) is 0 Å². The van der Waals surface area contributed by atoms with Crippen molar-refractivity contribution in [2.24, 2.45) is 5.73 Å². The van der Waals surface area contributed by atoms with Gasteiger partial charge in [-0.3, -0.25) is 9.97 Å². The number of pyridine rings is 2. The molecule has 0 saturated carbocycles. The van der Waals surface area contributed by atoms with Crippen molar-refractivity contribution in [1.29, 1.82) is 0 Å². The number of rotatable bonds is 8. The topological polar surface area (TPSA) is 93.4 Å². The summed E-state index contributed by atoms with van der Waals surface area (Å²) in [4.78, 5) is 21.2. The maximum atomic E-state index is 10.0. The molecule has 3 heterocycles. The minimum atomic E-state index is 0.289. The molecule has 3 rings (SSSR count). The summed E-state index contributed by atoms with van der Waals surface area (Å²) in [5.74, 6) is 1.12. The number of carbonyl (C=O) groups excluding carboxylic acids is 1. The van der Waals surface area contributed by atoms with Crippen LogP contribution in [0.5, 0.6) is 5.75 Å². The molecule has 0 unspecified atom stereocenters. The van der Waals surface area contributed by atoms with Crippen molar-refractivity contribution in [3.05, 3.63) is 52.7 Å². The van der Waals surface area contributed by atoms with Crippen LogP contribution < -0.4 is 20.7 Å². The van der Waals surface area contributed by atoms with E-state index in [1.54, 1.807) is 20.2 Å². The Bertz CT molecular complexity index is 949. The number of aromatic nitrogens is 2. The van der Waals surface area contributed by atoms with Crippen molar-refractivity contribution in [2.45, 2.75) is 73.6 Å². The van der Waals surface area contributed by atoms with Gasteiger partial charge in [-0.1, -0.05) is 27.2 Å². The lowest BCUT2D eigenvalue weighted by Crippen LogP contribution is -2.44. The molecule has 0 atom stereocenters. The van der Waals surface area contributed by atoms with Gasteiger partial charge in [0.05, 0.1) is 19.0 Å². The Balaban J connectivity index is 0.000000298. The summed E-state index contributed by atoms with van der Waals surface area (Å²) < 4.78 is 5.18. The number of nitrogens with two attached hydrogens (primary N) is 1. The average molecular weight is 498 g/mol. The zero-order chi connectivity index (χ0) is 26.9. The van der Waals surface area contributed by atoms with Gasteiger partial charge in [-0.15, -0.1) is 0 Å². The summed E-state index contributed by atoms with van der Waals surface area (Å²) in [6.45, 7) is 16.3. The lowest BCUT2D eigenvalue weighted by molar-refractivity contribution is -0.117. The van der Waals surface area contributed by atoms with E-state index < -0.39 is 0 Å². The number of ether oxygens (including phenoxy) is 1. The highest BCUT2D eigenvalue weighted by molar-refractivity contribution is 5.75. The molecule has 0 amide bonds. The highest BCUT2D eigenvalue weighted by atomic mass is 16.5. The van der Waals surface area contributed by atoms with Gasteiger partial charge in [0.15, 0.2) is 0 Å². The monoisotopic (exact) mass is 497 g/mol. The number of carbonyl (C=O) groups is 1. The molecule has 1 aliphatic rings. The maximum absolute atomic E-state index is 10.0. The van der Waals surface area contributed by atoms with Gasteiger partial charge in [-0.05, 0) is 69.4 Å². The van der Waals surface area contributed by atoms with Crippen molar-refractivity contribution in [2.75, 3.05) is 38.2 Å². The third-order valence-electron chi connectivity index (χ3n) is 5.75. The second kappa shape index (κ2) is 17.5. The summed E-state index contributed by atoms with van der Waals surface area (Å²) >= 11 is 0. The Hall–Kier alpha value is -2.93. The summed E-state index contributed by atoms with van der Waals surface area (Å²) in [5.41, 5.74) is 12.4. The van der Waals surface area contributed by atoms with Gasteiger partial charge in [0, 0.05) is 55.9 Å². The molecule has 0 radical (unpaired) electrons. The second-order valence-corrected chi connectivity index (χ2v) is 9.00. The van der Waals surface area contributed by atoms with E-state index in [-0.39, 0.29) is 5.78 Å². The van der Waals surface area contributed by atoms with E-state index in [9.17, 15) is 4.79 Å². The van der Waals surface area contributed by atoms with Crippen LogP contribution in [0.15, 0.2) is 30.2 Å². The first-order valence-corrected chi connectivity index (χ1v) is 13.1. The lowest BCUT2D eigenvalue weighted by atomic mass is 10.1. The molecule has 36 heavy (non-hydrogen) atoms. The summed E-state index contributed by atoms with van der Waals surface area (Å²) in [7, 11) is 1.65. The fraction of sp³-hybridized carbons (Fsp3) is 0.552. The van der Waals surface area contributed by atoms with Crippen molar-refractivity contribution < 1.29 is 9.53 Å². The van der Waals surface area contributed by atoms with E-state index in [4.69, 9.17) is 10.5 Å². The summed E-state index contributed by atoms with van der Waals surface area (Å²) in [5, 5.41) is 3.39. The standard InChI is InChI=1S/C13H21N3.C11H16N2O.C5H10O/c1-3-4-12-11(2)15-6-5-13(12)16-9-7-14-8-10-16;1-4-9-6-10(5-8(2)12)13-7-11(9)14-3;1-3-4-5(2)6/h5-6,14H,3-4,7-10H2,1-2H3;5-7H,4,12H2,1-3H3;3-4H2,1-2H3/b;8-5-;. The minimum absolute atomic E-state index is 0.289. The van der Waals surface area contributed by atoms with Crippen LogP contribution in [0.1, 0.15) is 76.4 Å². The minimum Gasteiger partial charge on any atom is -0.495 e. The molecule has 7 heteroatoms. The number of aryl methyl sites for hydroxylation is 2.